The molecular weight excluding hydrogens is 340 g/mol. The molecule has 4 rings (SSSR count). The fourth-order valence-corrected chi connectivity index (χ4v) is 2.83. The van der Waals surface area contributed by atoms with Gasteiger partial charge in [0.05, 0.1) is 11.9 Å². The third-order valence-corrected chi connectivity index (χ3v) is 4.21. The fraction of sp³-hybridized carbons (Fsp3) is 0. The number of hydrogen-bond donors (Lipinski definition) is 1. The number of Topliss-reactive ketones (excluding diaryl/α,β-unsaturated/α-hetero) is 2. The standard InChI is InChI=1S/C18H11ClN4O2/c19-14-16(17(24)13-2-1-7-21-15(13)18(14)25)22-11-3-5-12(6-4-11)23-9-8-20-10-23/h1-10,22H. The molecule has 1 N–H and O–H groups in total. The van der Waals surface area contributed by atoms with Crippen LogP contribution in [0.3, 0.4) is 0 Å². The molecule has 1 aliphatic rings. The molecule has 1 aromatic carbocycles. The number of hydrogen-bond acceptors (Lipinski definition) is 5. The van der Waals surface area contributed by atoms with Gasteiger partial charge in [0.2, 0.25) is 11.6 Å². The monoisotopic (exact) mass is 350 g/mol. The summed E-state index contributed by atoms with van der Waals surface area (Å²) in [5.74, 6) is -0.819. The van der Waals surface area contributed by atoms with Crippen molar-refractivity contribution in [3.8, 4) is 5.69 Å². The number of fused-ring (bicyclic) bond motifs is 1. The molecule has 3 aromatic rings. The summed E-state index contributed by atoms with van der Waals surface area (Å²) in [6.45, 7) is 0. The number of benzene rings is 1. The number of pyridine rings is 1. The number of rotatable bonds is 3. The number of imidazole rings is 1. The second kappa shape index (κ2) is 5.99. The van der Waals surface area contributed by atoms with Crippen LogP contribution in [0.4, 0.5) is 5.69 Å². The highest BCUT2D eigenvalue weighted by Crippen LogP contribution is 2.28. The zero-order valence-electron chi connectivity index (χ0n) is 12.8. The van der Waals surface area contributed by atoms with Gasteiger partial charge in [-0.05, 0) is 36.4 Å². The van der Waals surface area contributed by atoms with Crippen LogP contribution in [0.15, 0.2) is 72.0 Å². The second-order valence-electron chi connectivity index (χ2n) is 5.39. The number of aromatic nitrogens is 3. The minimum atomic E-state index is -0.464. The Morgan fingerprint density at radius 1 is 1.00 bits per heavy atom. The van der Waals surface area contributed by atoms with Crippen molar-refractivity contribution < 1.29 is 9.59 Å². The zero-order chi connectivity index (χ0) is 17.4. The van der Waals surface area contributed by atoms with Crippen LogP contribution in [-0.4, -0.2) is 26.1 Å². The first-order valence-electron chi connectivity index (χ1n) is 7.45. The lowest BCUT2D eigenvalue weighted by Gasteiger charge is -2.18. The van der Waals surface area contributed by atoms with E-state index in [1.165, 1.54) is 6.20 Å². The number of carbonyl (C=O) groups excluding carboxylic acids is 2. The maximum Gasteiger partial charge on any atom is 0.225 e. The van der Waals surface area contributed by atoms with Crippen LogP contribution < -0.4 is 5.32 Å². The molecule has 122 valence electrons. The van der Waals surface area contributed by atoms with E-state index in [2.05, 4.69) is 15.3 Å². The highest BCUT2D eigenvalue weighted by molar-refractivity contribution is 6.50. The molecule has 2 aromatic heterocycles. The van der Waals surface area contributed by atoms with E-state index in [0.717, 1.165) is 5.69 Å². The molecule has 0 fully saturated rings. The van der Waals surface area contributed by atoms with Gasteiger partial charge in [-0.1, -0.05) is 11.6 Å². The van der Waals surface area contributed by atoms with Crippen LogP contribution in [0.25, 0.3) is 5.69 Å². The van der Waals surface area contributed by atoms with E-state index < -0.39 is 5.78 Å². The average molecular weight is 351 g/mol. The Labute approximate surface area is 147 Å². The molecule has 0 bridgehead atoms. The summed E-state index contributed by atoms with van der Waals surface area (Å²) in [5, 5.41) is 2.79. The van der Waals surface area contributed by atoms with Crippen molar-refractivity contribution in [2.24, 2.45) is 0 Å². The summed E-state index contributed by atoms with van der Waals surface area (Å²) < 4.78 is 1.85. The second-order valence-corrected chi connectivity index (χ2v) is 5.77. The molecule has 6 nitrogen and oxygen atoms in total. The Bertz CT molecular complexity index is 1010. The molecule has 7 heteroatoms. The summed E-state index contributed by atoms with van der Waals surface area (Å²) in [4.78, 5) is 32.9. The van der Waals surface area contributed by atoms with Crippen LogP contribution >= 0.6 is 11.6 Å². The van der Waals surface area contributed by atoms with E-state index in [-0.39, 0.29) is 27.8 Å². The lowest BCUT2D eigenvalue weighted by atomic mass is 9.97. The van der Waals surface area contributed by atoms with Crippen molar-refractivity contribution in [3.05, 3.63) is 83.3 Å². The molecule has 0 radical (unpaired) electrons. The van der Waals surface area contributed by atoms with Gasteiger partial charge in [0.1, 0.15) is 16.4 Å². The van der Waals surface area contributed by atoms with Crippen LogP contribution in [-0.2, 0) is 0 Å². The van der Waals surface area contributed by atoms with Crippen LogP contribution in [0.5, 0.6) is 0 Å². The molecule has 0 saturated carbocycles. The number of allylic oxidation sites excluding steroid dienone is 2. The lowest BCUT2D eigenvalue weighted by molar-refractivity contribution is 0.0978. The Morgan fingerprint density at radius 2 is 1.80 bits per heavy atom. The average Bonchev–Trinajstić information content (AvgIpc) is 3.19. The molecular formula is C18H11ClN4O2. The van der Waals surface area contributed by atoms with Gasteiger partial charge in [-0.2, -0.15) is 0 Å². The van der Waals surface area contributed by atoms with Crippen molar-refractivity contribution in [2.45, 2.75) is 0 Å². The van der Waals surface area contributed by atoms with E-state index in [1.807, 2.05) is 22.9 Å². The quantitative estimate of drug-likeness (QED) is 0.784. The molecule has 0 spiro atoms. The van der Waals surface area contributed by atoms with E-state index in [4.69, 9.17) is 11.6 Å². The SMILES string of the molecule is O=C1C(Nc2ccc(-n3ccnc3)cc2)=C(Cl)C(=O)c2ncccc21. The van der Waals surface area contributed by atoms with E-state index in [9.17, 15) is 9.59 Å². The predicted octanol–water partition coefficient (Wildman–Crippen LogP) is 3.21. The van der Waals surface area contributed by atoms with E-state index >= 15 is 0 Å². The maximum absolute atomic E-state index is 12.6. The van der Waals surface area contributed by atoms with Gasteiger partial charge < -0.3 is 9.88 Å². The van der Waals surface area contributed by atoms with Gasteiger partial charge in [0, 0.05) is 30.0 Å². The van der Waals surface area contributed by atoms with Gasteiger partial charge in [-0.15, -0.1) is 0 Å². The Kier molecular flexibility index (Phi) is 3.66. The highest BCUT2D eigenvalue weighted by Gasteiger charge is 2.32. The fourth-order valence-electron chi connectivity index (χ4n) is 2.61. The molecule has 1 aliphatic carbocycles. The van der Waals surface area contributed by atoms with Crippen LogP contribution in [0.2, 0.25) is 0 Å². The summed E-state index contributed by atoms with van der Waals surface area (Å²) in [7, 11) is 0. The van der Waals surface area contributed by atoms with Crippen molar-refractivity contribution in [3.63, 3.8) is 0 Å². The Hall–Kier alpha value is -3.25. The molecule has 0 amide bonds. The minimum Gasteiger partial charge on any atom is -0.351 e. The van der Waals surface area contributed by atoms with Crippen molar-refractivity contribution >= 4 is 28.9 Å². The Morgan fingerprint density at radius 3 is 2.52 bits per heavy atom. The van der Waals surface area contributed by atoms with Crippen LogP contribution in [0, 0.1) is 0 Å². The van der Waals surface area contributed by atoms with Gasteiger partial charge >= 0.3 is 0 Å². The molecule has 0 saturated heterocycles. The highest BCUT2D eigenvalue weighted by atomic mass is 35.5. The first-order valence-corrected chi connectivity index (χ1v) is 7.82. The van der Waals surface area contributed by atoms with E-state index in [1.54, 1.807) is 36.8 Å². The zero-order valence-corrected chi connectivity index (χ0v) is 13.6. The van der Waals surface area contributed by atoms with Crippen LogP contribution in [0.1, 0.15) is 20.8 Å². The van der Waals surface area contributed by atoms with Crippen molar-refractivity contribution in [1.82, 2.24) is 14.5 Å². The molecule has 0 aliphatic heterocycles. The maximum atomic E-state index is 12.6. The largest absolute Gasteiger partial charge is 0.351 e. The topological polar surface area (TPSA) is 76.9 Å². The van der Waals surface area contributed by atoms with Crippen molar-refractivity contribution in [2.75, 3.05) is 5.32 Å². The normalized spacial score (nSPS) is 13.8. The number of carbonyl (C=O) groups is 2. The third-order valence-electron chi connectivity index (χ3n) is 3.85. The number of halogens is 1. The molecule has 0 unspecified atom stereocenters. The third kappa shape index (κ3) is 2.62. The van der Waals surface area contributed by atoms with Gasteiger partial charge in [-0.3, -0.25) is 14.6 Å². The summed E-state index contributed by atoms with van der Waals surface area (Å²) in [5.41, 5.74) is 1.95. The van der Waals surface area contributed by atoms with Crippen molar-refractivity contribution in [1.29, 1.82) is 0 Å². The molecule has 2 heterocycles. The van der Waals surface area contributed by atoms with E-state index in [0.29, 0.717) is 5.69 Å². The summed E-state index contributed by atoms with van der Waals surface area (Å²) in [6.07, 6.45) is 6.67. The smallest absolute Gasteiger partial charge is 0.225 e. The lowest BCUT2D eigenvalue weighted by Crippen LogP contribution is -2.25. The summed E-state index contributed by atoms with van der Waals surface area (Å²) >= 11 is 6.11. The number of anilines is 1. The Balaban J connectivity index is 1.65. The number of ketones is 2. The number of nitrogens with one attached hydrogen (secondary N) is 1. The van der Waals surface area contributed by atoms with Gasteiger partial charge in [0.25, 0.3) is 0 Å². The minimum absolute atomic E-state index is 0.0579. The summed E-state index contributed by atoms with van der Waals surface area (Å²) in [6, 6.07) is 10.5. The molecule has 25 heavy (non-hydrogen) atoms. The number of nitrogens with zero attached hydrogens (tertiary/aromatic N) is 3. The predicted molar refractivity (Wildman–Crippen MR) is 93.0 cm³/mol. The van der Waals surface area contributed by atoms with Gasteiger partial charge in [0.15, 0.2) is 0 Å². The first kappa shape index (κ1) is 15.3. The van der Waals surface area contributed by atoms with Gasteiger partial charge in [-0.25, -0.2) is 4.98 Å². The first-order chi connectivity index (χ1) is 12.1. The molecule has 0 atom stereocenters.